The minimum atomic E-state index is -0.469. The van der Waals surface area contributed by atoms with Crippen LogP contribution in [-0.4, -0.2) is 48.1 Å². The highest BCUT2D eigenvalue weighted by molar-refractivity contribution is 7.15. The first-order valence-electron chi connectivity index (χ1n) is 11.8. The lowest BCUT2D eigenvalue weighted by Crippen LogP contribution is -2.28. The van der Waals surface area contributed by atoms with E-state index in [1.165, 1.54) is 11.3 Å². The molecule has 2 unspecified atom stereocenters. The van der Waals surface area contributed by atoms with Gasteiger partial charge in [-0.3, -0.25) is 14.4 Å². The number of anilines is 3. The molecule has 0 radical (unpaired) electrons. The summed E-state index contributed by atoms with van der Waals surface area (Å²) in [6.45, 7) is 4.81. The number of hydrogen-bond acceptors (Lipinski definition) is 7. The fourth-order valence-corrected chi connectivity index (χ4v) is 5.52. The Bertz CT molecular complexity index is 1320. The van der Waals surface area contributed by atoms with E-state index in [-0.39, 0.29) is 30.1 Å². The molecule has 2 aliphatic rings. The molecule has 3 amide bonds. The highest BCUT2D eigenvalue weighted by Crippen LogP contribution is 2.35. The average Bonchev–Trinajstić information content (AvgIpc) is 3.59. The third-order valence-corrected chi connectivity index (χ3v) is 7.89. The van der Waals surface area contributed by atoms with E-state index in [1.807, 2.05) is 56.3 Å². The van der Waals surface area contributed by atoms with Crippen molar-refractivity contribution >= 4 is 45.6 Å². The molecule has 9 nitrogen and oxygen atoms in total. The lowest BCUT2D eigenvalue weighted by atomic mass is 10.1. The minimum absolute atomic E-state index is 0.0157. The van der Waals surface area contributed by atoms with E-state index in [0.29, 0.717) is 29.6 Å². The van der Waals surface area contributed by atoms with Crippen LogP contribution in [0.15, 0.2) is 42.5 Å². The van der Waals surface area contributed by atoms with E-state index in [0.717, 1.165) is 28.3 Å². The van der Waals surface area contributed by atoms with Gasteiger partial charge in [-0.2, -0.15) is 0 Å². The number of benzene rings is 2. The fraction of sp³-hybridized carbons (Fsp3) is 0.346. The summed E-state index contributed by atoms with van der Waals surface area (Å²) in [6.07, 6.45) is 0.482. The Labute approximate surface area is 213 Å². The molecule has 2 saturated heterocycles. The average molecular weight is 506 g/mol. The third kappa shape index (κ3) is 4.56. The number of ether oxygens (including phenoxy) is 1. The van der Waals surface area contributed by atoms with Crippen molar-refractivity contribution in [3.05, 3.63) is 58.6 Å². The summed E-state index contributed by atoms with van der Waals surface area (Å²) in [5.41, 5.74) is 3.79. The first-order valence-corrected chi connectivity index (χ1v) is 12.6. The quantitative estimate of drug-likeness (QED) is 0.548. The van der Waals surface area contributed by atoms with Crippen molar-refractivity contribution in [3.63, 3.8) is 0 Å². The number of amides is 3. The van der Waals surface area contributed by atoms with Crippen LogP contribution in [0.25, 0.3) is 0 Å². The van der Waals surface area contributed by atoms with E-state index >= 15 is 0 Å². The van der Waals surface area contributed by atoms with Crippen LogP contribution in [0, 0.1) is 19.8 Å². The second kappa shape index (κ2) is 9.69. The van der Waals surface area contributed by atoms with Crippen molar-refractivity contribution in [1.29, 1.82) is 0 Å². The highest BCUT2D eigenvalue weighted by atomic mass is 32.1. The van der Waals surface area contributed by atoms with Gasteiger partial charge in [-0.05, 0) is 55.3 Å². The molecule has 0 spiro atoms. The van der Waals surface area contributed by atoms with Crippen molar-refractivity contribution in [3.8, 4) is 5.75 Å². The van der Waals surface area contributed by atoms with E-state index in [1.54, 1.807) is 16.9 Å². The molecule has 3 heterocycles. The molecule has 0 aliphatic carbocycles. The minimum Gasteiger partial charge on any atom is -0.497 e. The summed E-state index contributed by atoms with van der Waals surface area (Å²) in [5.74, 6) is -0.139. The van der Waals surface area contributed by atoms with Gasteiger partial charge >= 0.3 is 0 Å². The predicted octanol–water partition coefficient (Wildman–Crippen LogP) is 3.68. The molecule has 0 saturated carbocycles. The molecule has 2 aliphatic heterocycles. The number of nitrogens with zero attached hydrogens (tertiary/aromatic N) is 4. The summed E-state index contributed by atoms with van der Waals surface area (Å²) in [4.78, 5) is 41.7. The number of rotatable bonds is 6. The van der Waals surface area contributed by atoms with E-state index in [4.69, 9.17) is 4.74 Å². The van der Waals surface area contributed by atoms with Crippen LogP contribution >= 0.6 is 11.3 Å². The van der Waals surface area contributed by atoms with Gasteiger partial charge in [-0.15, -0.1) is 10.2 Å². The van der Waals surface area contributed by atoms with Crippen molar-refractivity contribution in [2.45, 2.75) is 32.6 Å². The molecule has 2 aromatic carbocycles. The molecule has 36 heavy (non-hydrogen) atoms. The first kappa shape index (κ1) is 23.9. The van der Waals surface area contributed by atoms with Crippen LogP contribution in [0.3, 0.4) is 0 Å². The van der Waals surface area contributed by atoms with E-state index < -0.39 is 5.92 Å². The highest BCUT2D eigenvalue weighted by Gasteiger charge is 2.37. The zero-order chi connectivity index (χ0) is 25.4. The number of carbonyl (C=O) groups excluding carboxylic acids is 3. The van der Waals surface area contributed by atoms with E-state index in [2.05, 4.69) is 15.5 Å². The van der Waals surface area contributed by atoms with Crippen LogP contribution in [0.4, 0.5) is 16.5 Å². The maximum Gasteiger partial charge on any atom is 0.231 e. The van der Waals surface area contributed by atoms with Gasteiger partial charge < -0.3 is 19.9 Å². The molecule has 2 fully saturated rings. The number of nitrogens with one attached hydrogen (secondary N) is 1. The van der Waals surface area contributed by atoms with Crippen molar-refractivity contribution < 1.29 is 19.1 Å². The van der Waals surface area contributed by atoms with Crippen LogP contribution in [0.5, 0.6) is 5.75 Å². The smallest absolute Gasteiger partial charge is 0.231 e. The molecule has 0 bridgehead atoms. The molecule has 2 atom stereocenters. The van der Waals surface area contributed by atoms with Crippen LogP contribution in [0.1, 0.15) is 34.9 Å². The van der Waals surface area contributed by atoms with Crippen molar-refractivity contribution in [2.24, 2.45) is 5.92 Å². The van der Waals surface area contributed by atoms with Crippen molar-refractivity contribution in [2.75, 3.05) is 35.3 Å². The lowest BCUT2D eigenvalue weighted by molar-refractivity contribution is -0.122. The number of carbonyl (C=O) groups is 3. The van der Waals surface area contributed by atoms with Crippen molar-refractivity contribution in [1.82, 2.24) is 10.2 Å². The Morgan fingerprint density at radius 3 is 2.50 bits per heavy atom. The third-order valence-electron chi connectivity index (χ3n) is 6.89. The van der Waals surface area contributed by atoms with Gasteiger partial charge in [0, 0.05) is 43.2 Å². The van der Waals surface area contributed by atoms with Gasteiger partial charge in [-0.25, -0.2) is 0 Å². The summed E-state index contributed by atoms with van der Waals surface area (Å²) in [5, 5.41) is 12.3. The molecule has 10 heteroatoms. The normalized spacial score (nSPS) is 19.8. The van der Waals surface area contributed by atoms with Crippen LogP contribution in [-0.2, 0) is 14.4 Å². The zero-order valence-corrected chi connectivity index (χ0v) is 21.2. The second-order valence-electron chi connectivity index (χ2n) is 9.16. The standard InChI is InChI=1S/C26H27N5O4S/c1-15-5-4-6-21(16(15)2)31-13-17(11-23(31)33)24(34)27-26-29-28-25(36-26)18-12-22(32)30(14-18)19-7-9-20(35-3)10-8-19/h4-10,17-18H,11-14H2,1-3H3,(H,27,29,34). The Morgan fingerprint density at radius 1 is 1.00 bits per heavy atom. The van der Waals surface area contributed by atoms with Gasteiger partial charge in [0.15, 0.2) is 0 Å². The SMILES string of the molecule is COc1ccc(N2CC(c3nnc(NC(=O)C4CC(=O)N(c5cccc(C)c5C)C4)s3)CC2=O)cc1. The largest absolute Gasteiger partial charge is 0.497 e. The molecular formula is C26H27N5O4S. The molecule has 186 valence electrons. The molecule has 1 N–H and O–H groups in total. The maximum absolute atomic E-state index is 12.9. The molecule has 3 aromatic rings. The van der Waals surface area contributed by atoms with Gasteiger partial charge in [0.2, 0.25) is 22.9 Å². The maximum atomic E-state index is 12.9. The fourth-order valence-electron chi connectivity index (χ4n) is 4.69. The summed E-state index contributed by atoms with van der Waals surface area (Å²) in [6, 6.07) is 13.2. The van der Waals surface area contributed by atoms with Crippen LogP contribution in [0.2, 0.25) is 0 Å². The van der Waals surface area contributed by atoms with Gasteiger partial charge in [0.1, 0.15) is 10.8 Å². The molecular weight excluding hydrogens is 478 g/mol. The lowest BCUT2D eigenvalue weighted by Gasteiger charge is -2.20. The summed E-state index contributed by atoms with van der Waals surface area (Å²) in [7, 11) is 1.60. The number of hydrogen-bond donors (Lipinski definition) is 1. The Hall–Kier alpha value is -3.79. The van der Waals surface area contributed by atoms with Crippen LogP contribution < -0.4 is 19.9 Å². The molecule has 5 rings (SSSR count). The number of aromatic nitrogens is 2. The topological polar surface area (TPSA) is 105 Å². The summed E-state index contributed by atoms with van der Waals surface area (Å²) >= 11 is 1.27. The van der Waals surface area contributed by atoms with E-state index in [9.17, 15) is 14.4 Å². The Kier molecular flexibility index (Phi) is 6.44. The first-order chi connectivity index (χ1) is 17.3. The predicted molar refractivity (Wildman–Crippen MR) is 138 cm³/mol. The van der Waals surface area contributed by atoms with Gasteiger partial charge in [0.25, 0.3) is 0 Å². The Balaban J connectivity index is 1.22. The number of aryl methyl sites for hydroxylation is 1. The monoisotopic (exact) mass is 505 g/mol. The second-order valence-corrected chi connectivity index (χ2v) is 10.2. The van der Waals surface area contributed by atoms with Gasteiger partial charge in [0.05, 0.1) is 13.0 Å². The zero-order valence-electron chi connectivity index (χ0n) is 20.4. The summed E-state index contributed by atoms with van der Waals surface area (Å²) < 4.78 is 5.19. The molecule has 1 aromatic heterocycles. The Morgan fingerprint density at radius 2 is 1.75 bits per heavy atom. The number of methoxy groups -OCH3 is 1. The van der Waals surface area contributed by atoms with Gasteiger partial charge in [-0.1, -0.05) is 23.5 Å².